The van der Waals surface area contributed by atoms with E-state index in [-0.39, 0.29) is 24.2 Å². The maximum absolute atomic E-state index is 12.9. The minimum atomic E-state index is -0.336. The van der Waals surface area contributed by atoms with E-state index in [0.29, 0.717) is 18.1 Å². The van der Waals surface area contributed by atoms with Gasteiger partial charge in [-0.05, 0) is 29.8 Å². The van der Waals surface area contributed by atoms with Crippen molar-refractivity contribution in [2.75, 3.05) is 11.9 Å². The Balaban J connectivity index is 1.56. The molecule has 1 amide bonds. The average Bonchev–Trinajstić information content (AvgIpc) is 3.16. The fourth-order valence-electron chi connectivity index (χ4n) is 2.46. The van der Waals surface area contributed by atoms with Gasteiger partial charge in [-0.1, -0.05) is 30.3 Å². The molecule has 0 bridgehead atoms. The first kappa shape index (κ1) is 16.8. The molecule has 0 saturated carbocycles. The number of hydrogen-bond donors (Lipinski definition) is 3. The van der Waals surface area contributed by atoms with Crippen molar-refractivity contribution in [1.82, 2.24) is 20.5 Å². The molecule has 128 valence electrons. The van der Waals surface area contributed by atoms with Crippen LogP contribution in [0.5, 0.6) is 0 Å². The van der Waals surface area contributed by atoms with Crippen LogP contribution in [-0.2, 0) is 4.79 Å². The predicted octanol–water partition coefficient (Wildman–Crippen LogP) is 2.65. The van der Waals surface area contributed by atoms with E-state index in [0.717, 1.165) is 5.56 Å². The molecule has 0 radical (unpaired) electrons. The Bertz CT molecular complexity index is 790. The van der Waals surface area contributed by atoms with Gasteiger partial charge in [-0.2, -0.15) is 5.10 Å². The molecule has 0 aliphatic heterocycles. The Labute approximate surface area is 144 Å². The number of rotatable bonds is 7. The number of anilines is 1. The summed E-state index contributed by atoms with van der Waals surface area (Å²) in [5.74, 6) is 0.200. The van der Waals surface area contributed by atoms with Crippen LogP contribution in [-0.4, -0.2) is 27.6 Å². The Hall–Kier alpha value is -3.06. The van der Waals surface area contributed by atoms with Crippen molar-refractivity contribution in [3.05, 3.63) is 78.1 Å². The normalized spacial score (nSPS) is 11.9. The summed E-state index contributed by atoms with van der Waals surface area (Å²) >= 11 is 0. The molecule has 3 aromatic rings. The van der Waals surface area contributed by atoms with Crippen LogP contribution in [0.15, 0.2) is 60.9 Å². The lowest BCUT2D eigenvalue weighted by atomic mass is 10.1. The smallest absolute Gasteiger partial charge is 0.225 e. The van der Waals surface area contributed by atoms with Gasteiger partial charge in [-0.15, -0.1) is 0 Å². The predicted molar refractivity (Wildman–Crippen MR) is 92.3 cm³/mol. The van der Waals surface area contributed by atoms with E-state index in [9.17, 15) is 9.18 Å². The second-order valence-corrected chi connectivity index (χ2v) is 5.47. The molecule has 1 heterocycles. The Morgan fingerprint density at radius 1 is 1.12 bits per heavy atom. The van der Waals surface area contributed by atoms with E-state index in [1.54, 1.807) is 0 Å². The molecule has 0 fully saturated rings. The van der Waals surface area contributed by atoms with E-state index in [4.69, 9.17) is 0 Å². The van der Waals surface area contributed by atoms with Crippen molar-refractivity contribution in [2.24, 2.45) is 0 Å². The highest BCUT2D eigenvalue weighted by molar-refractivity contribution is 5.90. The Morgan fingerprint density at radius 3 is 2.56 bits per heavy atom. The Morgan fingerprint density at radius 2 is 1.88 bits per heavy atom. The number of aromatic amines is 1. The molecule has 1 aromatic heterocycles. The number of nitrogens with zero attached hydrogens (tertiary/aromatic N) is 2. The summed E-state index contributed by atoms with van der Waals surface area (Å²) in [7, 11) is 0. The summed E-state index contributed by atoms with van der Waals surface area (Å²) < 4.78 is 12.9. The summed E-state index contributed by atoms with van der Waals surface area (Å²) in [6.07, 6.45) is 1.73. The van der Waals surface area contributed by atoms with Crippen molar-refractivity contribution >= 4 is 11.6 Å². The topological polar surface area (TPSA) is 82.7 Å². The maximum atomic E-state index is 12.9. The summed E-state index contributed by atoms with van der Waals surface area (Å²) in [5.41, 5.74) is 1.60. The van der Waals surface area contributed by atoms with E-state index >= 15 is 0 Å². The summed E-state index contributed by atoms with van der Waals surface area (Å²) in [6.45, 7) is 0.452. The number of H-pyrrole nitrogens is 1. The molecule has 6 nitrogen and oxygen atoms in total. The second-order valence-electron chi connectivity index (χ2n) is 5.47. The number of carbonyl (C=O) groups is 1. The van der Waals surface area contributed by atoms with Crippen molar-refractivity contribution in [3.63, 3.8) is 0 Å². The molecule has 0 spiro atoms. The van der Waals surface area contributed by atoms with Crippen LogP contribution in [0, 0.1) is 5.82 Å². The summed E-state index contributed by atoms with van der Waals surface area (Å²) in [5, 5.41) is 12.8. The van der Waals surface area contributed by atoms with Crippen LogP contribution < -0.4 is 10.6 Å². The zero-order valence-electron chi connectivity index (χ0n) is 13.4. The molecule has 3 N–H and O–H groups in total. The van der Waals surface area contributed by atoms with Gasteiger partial charge in [0.2, 0.25) is 5.91 Å². The fraction of sp³-hybridized carbons (Fsp3) is 0.167. The summed E-state index contributed by atoms with van der Waals surface area (Å²) in [4.78, 5) is 16.2. The van der Waals surface area contributed by atoms with Gasteiger partial charge in [0.15, 0.2) is 0 Å². The number of amides is 1. The average molecular weight is 339 g/mol. The first-order valence-corrected chi connectivity index (χ1v) is 7.91. The van der Waals surface area contributed by atoms with Crippen molar-refractivity contribution in [1.29, 1.82) is 0 Å². The Kier molecular flexibility index (Phi) is 5.48. The van der Waals surface area contributed by atoms with Gasteiger partial charge in [-0.25, -0.2) is 9.37 Å². The monoisotopic (exact) mass is 339 g/mol. The van der Waals surface area contributed by atoms with Crippen LogP contribution in [0.1, 0.15) is 23.9 Å². The zero-order chi connectivity index (χ0) is 17.5. The van der Waals surface area contributed by atoms with E-state index in [1.165, 1.54) is 30.6 Å². The number of halogens is 1. The highest BCUT2D eigenvalue weighted by Crippen LogP contribution is 2.18. The van der Waals surface area contributed by atoms with Gasteiger partial charge in [-0.3, -0.25) is 9.89 Å². The molecule has 0 saturated heterocycles. The van der Waals surface area contributed by atoms with Gasteiger partial charge in [0, 0.05) is 18.7 Å². The van der Waals surface area contributed by atoms with Crippen molar-refractivity contribution < 1.29 is 9.18 Å². The van der Waals surface area contributed by atoms with Gasteiger partial charge >= 0.3 is 0 Å². The van der Waals surface area contributed by atoms with Gasteiger partial charge < -0.3 is 10.6 Å². The number of nitrogens with one attached hydrogen (secondary N) is 3. The molecule has 25 heavy (non-hydrogen) atoms. The third kappa shape index (κ3) is 4.71. The third-order valence-electron chi connectivity index (χ3n) is 3.67. The summed E-state index contributed by atoms with van der Waals surface area (Å²) in [6, 6.07) is 15.3. The maximum Gasteiger partial charge on any atom is 0.225 e. The standard InChI is InChI=1S/C18H18FN5O/c19-14-6-8-15(9-7-14)23-16(25)10-11-20-17(18-21-12-22-24-18)13-4-2-1-3-5-13/h1-9,12,17,20H,10-11H2,(H,23,25)(H,21,22,24)/t17-/m1/s1. The second kappa shape index (κ2) is 8.16. The van der Waals surface area contributed by atoms with Gasteiger partial charge in [0.1, 0.15) is 18.0 Å². The largest absolute Gasteiger partial charge is 0.326 e. The lowest BCUT2D eigenvalue weighted by Gasteiger charge is -2.16. The molecular formula is C18H18FN5O. The van der Waals surface area contributed by atoms with E-state index in [1.807, 2.05) is 30.3 Å². The molecular weight excluding hydrogens is 321 g/mol. The number of carbonyl (C=O) groups excluding carboxylic acids is 1. The van der Waals surface area contributed by atoms with Crippen LogP contribution in [0.4, 0.5) is 10.1 Å². The van der Waals surface area contributed by atoms with E-state index < -0.39 is 0 Å². The first-order chi connectivity index (χ1) is 12.2. The van der Waals surface area contributed by atoms with E-state index in [2.05, 4.69) is 25.8 Å². The molecule has 0 aliphatic carbocycles. The lowest BCUT2D eigenvalue weighted by Crippen LogP contribution is -2.27. The number of aromatic nitrogens is 3. The van der Waals surface area contributed by atoms with Crippen LogP contribution >= 0.6 is 0 Å². The SMILES string of the molecule is O=C(CCN[C@H](c1ccccc1)c1ncn[nH]1)Nc1ccc(F)cc1. The van der Waals surface area contributed by atoms with Crippen molar-refractivity contribution in [2.45, 2.75) is 12.5 Å². The minimum Gasteiger partial charge on any atom is -0.326 e. The molecule has 0 unspecified atom stereocenters. The van der Waals surface area contributed by atoms with Crippen LogP contribution in [0.2, 0.25) is 0 Å². The quantitative estimate of drug-likeness (QED) is 0.618. The first-order valence-electron chi connectivity index (χ1n) is 7.91. The number of benzene rings is 2. The fourth-order valence-corrected chi connectivity index (χ4v) is 2.46. The molecule has 1 atom stereocenters. The van der Waals surface area contributed by atoms with Crippen molar-refractivity contribution in [3.8, 4) is 0 Å². The molecule has 7 heteroatoms. The highest BCUT2D eigenvalue weighted by Gasteiger charge is 2.16. The lowest BCUT2D eigenvalue weighted by molar-refractivity contribution is -0.116. The molecule has 2 aromatic carbocycles. The highest BCUT2D eigenvalue weighted by atomic mass is 19.1. The minimum absolute atomic E-state index is 0.150. The van der Waals surface area contributed by atoms with Gasteiger partial charge in [0.25, 0.3) is 0 Å². The third-order valence-corrected chi connectivity index (χ3v) is 3.67. The zero-order valence-corrected chi connectivity index (χ0v) is 13.4. The van der Waals surface area contributed by atoms with Crippen LogP contribution in [0.3, 0.4) is 0 Å². The van der Waals surface area contributed by atoms with Crippen LogP contribution in [0.25, 0.3) is 0 Å². The molecule has 3 rings (SSSR count). The number of hydrogen-bond acceptors (Lipinski definition) is 4. The molecule has 0 aliphatic rings. The van der Waals surface area contributed by atoms with Gasteiger partial charge in [0.05, 0.1) is 6.04 Å².